The summed E-state index contributed by atoms with van der Waals surface area (Å²) >= 11 is 5.77. The molecule has 0 saturated carbocycles. The zero-order valence-electron chi connectivity index (χ0n) is 9.85. The van der Waals surface area contributed by atoms with E-state index in [2.05, 4.69) is 5.32 Å². The van der Waals surface area contributed by atoms with Crippen LogP contribution in [0, 0.1) is 0 Å². The van der Waals surface area contributed by atoms with E-state index < -0.39 is 0 Å². The minimum Gasteiger partial charge on any atom is -0.335 e. The number of amides is 2. The number of benzene rings is 1. The lowest BCUT2D eigenvalue weighted by atomic mass is 10.3. The Hall–Kier alpha value is -1.30. The number of carbonyl (C=O) groups excluding carboxylic acids is 2. The number of halogens is 2. The smallest absolute Gasteiger partial charge is 0.243 e. The van der Waals surface area contributed by atoms with E-state index in [4.69, 9.17) is 17.3 Å². The molecule has 0 heterocycles. The Balaban J connectivity index is 0.00000289. The molecule has 5 nitrogen and oxygen atoms in total. The van der Waals surface area contributed by atoms with Crippen LogP contribution < -0.4 is 11.1 Å². The lowest BCUT2D eigenvalue weighted by Crippen LogP contribution is -2.38. The Morgan fingerprint density at radius 2 is 2.11 bits per heavy atom. The Labute approximate surface area is 117 Å². The van der Waals surface area contributed by atoms with Gasteiger partial charge in [-0.3, -0.25) is 9.59 Å². The first-order chi connectivity index (χ1) is 8.02. The zero-order chi connectivity index (χ0) is 12.8. The van der Waals surface area contributed by atoms with Crippen molar-refractivity contribution in [2.45, 2.75) is 0 Å². The molecule has 100 valence electrons. The van der Waals surface area contributed by atoms with Gasteiger partial charge >= 0.3 is 0 Å². The van der Waals surface area contributed by atoms with Crippen molar-refractivity contribution < 1.29 is 9.59 Å². The summed E-state index contributed by atoms with van der Waals surface area (Å²) in [6.07, 6.45) is 0. The van der Waals surface area contributed by atoms with Gasteiger partial charge in [0.1, 0.15) is 0 Å². The van der Waals surface area contributed by atoms with Crippen LogP contribution in [0.25, 0.3) is 0 Å². The highest BCUT2D eigenvalue weighted by molar-refractivity contribution is 6.30. The molecule has 3 N–H and O–H groups in total. The SMILES string of the molecule is CN(CC(=O)Nc1cccc(Cl)c1)C(=O)CN.Cl. The van der Waals surface area contributed by atoms with Crippen LogP contribution >= 0.6 is 24.0 Å². The largest absolute Gasteiger partial charge is 0.335 e. The predicted octanol–water partition coefficient (Wildman–Crippen LogP) is 1.12. The van der Waals surface area contributed by atoms with Crippen molar-refractivity contribution in [2.24, 2.45) is 5.73 Å². The molecule has 0 aliphatic rings. The number of likely N-dealkylation sites (N-methyl/N-ethyl adjacent to an activating group) is 1. The number of nitrogens with two attached hydrogens (primary N) is 1. The Bertz CT molecular complexity index is 427. The zero-order valence-corrected chi connectivity index (χ0v) is 11.4. The van der Waals surface area contributed by atoms with E-state index >= 15 is 0 Å². The molecule has 1 aromatic rings. The maximum atomic E-state index is 11.6. The van der Waals surface area contributed by atoms with Crippen LogP contribution in [0.1, 0.15) is 0 Å². The number of nitrogens with zero attached hydrogens (tertiary/aromatic N) is 1. The molecule has 0 fully saturated rings. The molecule has 0 atom stereocenters. The first kappa shape index (κ1) is 16.7. The number of carbonyl (C=O) groups is 2. The van der Waals surface area contributed by atoms with Crippen molar-refractivity contribution in [3.63, 3.8) is 0 Å². The molecule has 0 aliphatic heterocycles. The number of hydrogen-bond acceptors (Lipinski definition) is 3. The summed E-state index contributed by atoms with van der Waals surface area (Å²) in [4.78, 5) is 24.0. The summed E-state index contributed by atoms with van der Waals surface area (Å²) in [6.45, 7) is -0.149. The summed E-state index contributed by atoms with van der Waals surface area (Å²) in [6, 6.07) is 6.78. The molecule has 0 aromatic heterocycles. The molecular formula is C11H15Cl2N3O2. The van der Waals surface area contributed by atoms with Gasteiger partial charge in [-0.25, -0.2) is 0 Å². The standard InChI is InChI=1S/C11H14ClN3O2.ClH/c1-15(11(17)6-13)7-10(16)14-9-4-2-3-8(12)5-9;/h2-5H,6-7,13H2,1H3,(H,14,16);1H. The Morgan fingerprint density at radius 3 is 2.67 bits per heavy atom. The number of anilines is 1. The van der Waals surface area contributed by atoms with Gasteiger partial charge in [-0.15, -0.1) is 12.4 Å². The summed E-state index contributed by atoms with van der Waals surface area (Å²) in [5.41, 5.74) is 5.77. The molecule has 0 spiro atoms. The monoisotopic (exact) mass is 291 g/mol. The van der Waals surface area contributed by atoms with Gasteiger partial charge in [-0.2, -0.15) is 0 Å². The van der Waals surface area contributed by atoms with Crippen LogP contribution in [-0.4, -0.2) is 36.9 Å². The topological polar surface area (TPSA) is 75.4 Å². The third kappa shape index (κ3) is 5.35. The van der Waals surface area contributed by atoms with E-state index in [1.165, 1.54) is 11.9 Å². The summed E-state index contributed by atoms with van der Waals surface area (Å²) < 4.78 is 0. The second-order valence-corrected chi connectivity index (χ2v) is 3.95. The Morgan fingerprint density at radius 1 is 1.44 bits per heavy atom. The van der Waals surface area contributed by atoms with Crippen molar-refractivity contribution in [1.29, 1.82) is 0 Å². The number of rotatable bonds is 4. The highest BCUT2D eigenvalue weighted by Crippen LogP contribution is 2.14. The molecule has 0 unspecified atom stereocenters. The second kappa shape index (κ2) is 7.92. The van der Waals surface area contributed by atoms with Crippen LogP contribution in [0.5, 0.6) is 0 Å². The molecular weight excluding hydrogens is 277 g/mol. The maximum Gasteiger partial charge on any atom is 0.243 e. The third-order valence-corrected chi connectivity index (χ3v) is 2.32. The number of nitrogens with one attached hydrogen (secondary N) is 1. The third-order valence-electron chi connectivity index (χ3n) is 2.09. The average Bonchev–Trinajstić information content (AvgIpc) is 2.27. The minimum atomic E-state index is -0.295. The van der Waals surface area contributed by atoms with Crippen LogP contribution in [0.3, 0.4) is 0 Å². The van der Waals surface area contributed by atoms with Crippen molar-refractivity contribution >= 4 is 41.5 Å². The highest BCUT2D eigenvalue weighted by Gasteiger charge is 2.11. The van der Waals surface area contributed by atoms with E-state index in [0.29, 0.717) is 10.7 Å². The molecule has 0 bridgehead atoms. The van der Waals surface area contributed by atoms with Gasteiger partial charge in [-0.05, 0) is 18.2 Å². The predicted molar refractivity (Wildman–Crippen MR) is 74.0 cm³/mol. The van der Waals surface area contributed by atoms with Gasteiger partial charge in [0, 0.05) is 17.8 Å². The van der Waals surface area contributed by atoms with Gasteiger partial charge in [0.2, 0.25) is 11.8 Å². The fourth-order valence-corrected chi connectivity index (χ4v) is 1.42. The fourth-order valence-electron chi connectivity index (χ4n) is 1.23. The minimum absolute atomic E-state index is 0. The van der Waals surface area contributed by atoms with E-state index in [9.17, 15) is 9.59 Å². The van der Waals surface area contributed by atoms with Gasteiger partial charge in [0.05, 0.1) is 13.1 Å². The van der Waals surface area contributed by atoms with E-state index in [1.807, 2.05) is 0 Å². The molecule has 0 aliphatic carbocycles. The van der Waals surface area contributed by atoms with Gasteiger partial charge in [0.15, 0.2) is 0 Å². The number of hydrogen-bond donors (Lipinski definition) is 2. The molecule has 1 rings (SSSR count). The second-order valence-electron chi connectivity index (χ2n) is 3.51. The summed E-state index contributed by atoms with van der Waals surface area (Å²) in [7, 11) is 1.52. The van der Waals surface area contributed by atoms with Crippen molar-refractivity contribution in [3.8, 4) is 0 Å². The van der Waals surface area contributed by atoms with Crippen LogP contribution in [-0.2, 0) is 9.59 Å². The van der Waals surface area contributed by atoms with E-state index in [-0.39, 0.29) is 37.3 Å². The van der Waals surface area contributed by atoms with Crippen molar-refractivity contribution in [3.05, 3.63) is 29.3 Å². The fraction of sp³-hybridized carbons (Fsp3) is 0.273. The van der Waals surface area contributed by atoms with Crippen LogP contribution in [0.15, 0.2) is 24.3 Å². The van der Waals surface area contributed by atoms with Gasteiger partial charge < -0.3 is 16.0 Å². The van der Waals surface area contributed by atoms with Crippen LogP contribution in [0.4, 0.5) is 5.69 Å². The normalized spacial score (nSPS) is 9.28. The molecule has 0 saturated heterocycles. The van der Waals surface area contributed by atoms with Crippen molar-refractivity contribution in [2.75, 3.05) is 25.5 Å². The highest BCUT2D eigenvalue weighted by atomic mass is 35.5. The molecule has 18 heavy (non-hydrogen) atoms. The average molecular weight is 292 g/mol. The maximum absolute atomic E-state index is 11.6. The summed E-state index contributed by atoms with van der Waals surface area (Å²) in [5.74, 6) is -0.581. The Kier molecular flexibility index (Phi) is 7.35. The molecule has 7 heteroatoms. The molecule has 2 amide bonds. The van der Waals surface area contributed by atoms with Crippen molar-refractivity contribution in [1.82, 2.24) is 4.90 Å². The van der Waals surface area contributed by atoms with E-state index in [1.54, 1.807) is 24.3 Å². The quantitative estimate of drug-likeness (QED) is 0.873. The van der Waals surface area contributed by atoms with Gasteiger partial charge in [0.25, 0.3) is 0 Å². The first-order valence-electron chi connectivity index (χ1n) is 5.02. The lowest BCUT2D eigenvalue weighted by Gasteiger charge is -2.15. The first-order valence-corrected chi connectivity index (χ1v) is 5.40. The lowest BCUT2D eigenvalue weighted by molar-refractivity contribution is -0.132. The van der Waals surface area contributed by atoms with Gasteiger partial charge in [-0.1, -0.05) is 17.7 Å². The van der Waals surface area contributed by atoms with Crippen LogP contribution in [0.2, 0.25) is 5.02 Å². The molecule has 1 aromatic carbocycles. The molecule has 0 radical (unpaired) electrons. The summed E-state index contributed by atoms with van der Waals surface area (Å²) in [5, 5.41) is 3.17. The van der Waals surface area contributed by atoms with E-state index in [0.717, 1.165) is 0 Å².